The van der Waals surface area contributed by atoms with Gasteiger partial charge in [0.1, 0.15) is 0 Å². The molecule has 0 aliphatic heterocycles. The highest BCUT2D eigenvalue weighted by Crippen LogP contribution is 2.61. The molecule has 0 unspecified atom stereocenters. The van der Waals surface area contributed by atoms with Crippen LogP contribution in [0.5, 0.6) is 0 Å². The van der Waals surface area contributed by atoms with Gasteiger partial charge in [-0.15, -0.1) is 0 Å². The maximum Gasteiger partial charge on any atom is 0.231 e. The van der Waals surface area contributed by atoms with Crippen molar-refractivity contribution >= 4 is 11.6 Å². The van der Waals surface area contributed by atoms with Crippen molar-refractivity contribution in [2.45, 2.75) is 39.0 Å². The molecule has 1 atom stereocenters. The molecule has 0 saturated heterocycles. The Kier molecular flexibility index (Phi) is 3.74. The molecule has 140 valence electrons. The topological polar surface area (TPSA) is 29.1 Å². The Balaban J connectivity index is 1.60. The van der Waals surface area contributed by atoms with Crippen LogP contribution in [0.3, 0.4) is 0 Å². The predicted molar refractivity (Wildman–Crippen MR) is 114 cm³/mol. The Labute approximate surface area is 166 Å². The molecule has 2 heteroatoms. The van der Waals surface area contributed by atoms with Crippen LogP contribution in [0.15, 0.2) is 66.7 Å². The molecule has 6 rings (SSSR count). The van der Waals surface area contributed by atoms with Crippen LogP contribution in [0.4, 0.5) is 5.69 Å². The number of aryl methyl sites for hydroxylation is 2. The Morgan fingerprint density at radius 1 is 0.857 bits per heavy atom. The van der Waals surface area contributed by atoms with E-state index in [0.29, 0.717) is 0 Å². The van der Waals surface area contributed by atoms with Gasteiger partial charge in [-0.3, -0.25) is 4.79 Å². The van der Waals surface area contributed by atoms with Crippen LogP contribution in [0.2, 0.25) is 0 Å². The Hall–Kier alpha value is -2.87. The summed E-state index contributed by atoms with van der Waals surface area (Å²) < 4.78 is 0. The first-order valence-corrected chi connectivity index (χ1v) is 10.0. The Bertz CT molecular complexity index is 1030. The van der Waals surface area contributed by atoms with Crippen LogP contribution in [0.25, 0.3) is 0 Å². The molecule has 0 spiro atoms. The van der Waals surface area contributed by atoms with E-state index < -0.39 is 5.41 Å². The number of hydrogen-bond donors (Lipinski definition) is 1. The fourth-order valence-electron chi connectivity index (χ4n) is 5.51. The minimum absolute atomic E-state index is 0.0933. The molecule has 2 nitrogen and oxygen atoms in total. The van der Waals surface area contributed by atoms with Gasteiger partial charge in [-0.2, -0.15) is 0 Å². The molecule has 3 aromatic rings. The molecule has 0 saturated carbocycles. The molecule has 3 aliphatic carbocycles. The largest absolute Gasteiger partial charge is 0.326 e. The second-order valence-electron chi connectivity index (χ2n) is 8.70. The van der Waals surface area contributed by atoms with Crippen LogP contribution >= 0.6 is 0 Å². The lowest BCUT2D eigenvalue weighted by molar-refractivity contribution is -0.126. The zero-order valence-corrected chi connectivity index (χ0v) is 16.6. The molecule has 0 heterocycles. The predicted octanol–water partition coefficient (Wildman–Crippen LogP) is 5.93. The number of carbonyl (C=O) groups excluding carboxylic acids is 1. The lowest BCUT2D eigenvalue weighted by Gasteiger charge is -2.50. The molecule has 0 fully saturated rings. The summed E-state index contributed by atoms with van der Waals surface area (Å²) in [6.45, 7) is 6.29. The van der Waals surface area contributed by atoms with E-state index in [0.717, 1.165) is 12.1 Å². The van der Waals surface area contributed by atoms with E-state index in [1.54, 1.807) is 0 Å². The third-order valence-electron chi connectivity index (χ3n) is 6.63. The van der Waals surface area contributed by atoms with Crippen molar-refractivity contribution in [1.82, 2.24) is 0 Å². The van der Waals surface area contributed by atoms with E-state index in [1.807, 2.05) is 0 Å². The molecule has 3 aliphatic rings. The number of rotatable bonds is 2. The van der Waals surface area contributed by atoms with Gasteiger partial charge in [0.05, 0.1) is 5.41 Å². The number of fused-ring (bicyclic) bond motifs is 1. The van der Waals surface area contributed by atoms with E-state index in [9.17, 15) is 4.79 Å². The highest BCUT2D eigenvalue weighted by Gasteiger charge is 2.53. The summed E-state index contributed by atoms with van der Waals surface area (Å²) in [4.78, 5) is 13.6. The first kappa shape index (κ1) is 17.2. The molecule has 0 radical (unpaired) electrons. The number of anilines is 1. The molecular formula is C26H25NO. The third-order valence-corrected chi connectivity index (χ3v) is 6.63. The van der Waals surface area contributed by atoms with Gasteiger partial charge in [0.2, 0.25) is 5.91 Å². The van der Waals surface area contributed by atoms with Crippen LogP contribution in [-0.4, -0.2) is 5.91 Å². The first-order chi connectivity index (χ1) is 13.5. The van der Waals surface area contributed by atoms with Gasteiger partial charge < -0.3 is 5.32 Å². The van der Waals surface area contributed by atoms with Gasteiger partial charge in [-0.1, -0.05) is 54.6 Å². The lowest BCUT2D eigenvalue weighted by Crippen LogP contribution is -2.47. The molecule has 2 bridgehead atoms. The van der Waals surface area contributed by atoms with Crippen LogP contribution in [0, 0.1) is 19.3 Å². The van der Waals surface area contributed by atoms with Gasteiger partial charge >= 0.3 is 0 Å². The number of amides is 1. The van der Waals surface area contributed by atoms with E-state index in [4.69, 9.17) is 0 Å². The molecule has 28 heavy (non-hydrogen) atoms. The van der Waals surface area contributed by atoms with Gasteiger partial charge in [-0.25, -0.2) is 0 Å². The second-order valence-corrected chi connectivity index (χ2v) is 8.70. The van der Waals surface area contributed by atoms with Crippen LogP contribution < -0.4 is 5.32 Å². The zero-order valence-electron chi connectivity index (χ0n) is 16.6. The quantitative estimate of drug-likeness (QED) is 0.597. The fourth-order valence-corrected chi connectivity index (χ4v) is 5.51. The normalized spacial score (nSPS) is 24.4. The van der Waals surface area contributed by atoms with Crippen molar-refractivity contribution in [2.75, 3.05) is 5.32 Å². The van der Waals surface area contributed by atoms with Gasteiger partial charge in [-0.05, 0) is 72.7 Å². The second kappa shape index (κ2) is 6.07. The third kappa shape index (κ3) is 2.44. The van der Waals surface area contributed by atoms with Gasteiger partial charge in [0.15, 0.2) is 0 Å². The maximum atomic E-state index is 13.6. The number of benzene rings is 3. The van der Waals surface area contributed by atoms with Crippen molar-refractivity contribution in [3.8, 4) is 0 Å². The first-order valence-electron chi connectivity index (χ1n) is 10.0. The van der Waals surface area contributed by atoms with Gasteiger partial charge in [0.25, 0.3) is 0 Å². The molecule has 1 amide bonds. The number of nitrogens with one attached hydrogen (secondary N) is 1. The van der Waals surface area contributed by atoms with Crippen molar-refractivity contribution < 1.29 is 4.79 Å². The maximum absolute atomic E-state index is 13.6. The van der Waals surface area contributed by atoms with E-state index >= 15 is 0 Å². The minimum atomic E-state index is -0.467. The number of hydrogen-bond acceptors (Lipinski definition) is 1. The SMILES string of the molecule is Cc1cc(C)cc(NC(=O)[C@]2(C)CC3c4ccccc4C2c2ccccc23)c1. The molecular weight excluding hydrogens is 342 g/mol. The monoisotopic (exact) mass is 367 g/mol. The molecule has 0 aromatic heterocycles. The zero-order chi connectivity index (χ0) is 19.5. The van der Waals surface area contributed by atoms with E-state index in [2.05, 4.69) is 92.8 Å². The summed E-state index contributed by atoms with van der Waals surface area (Å²) >= 11 is 0. The number of carbonyl (C=O) groups is 1. The van der Waals surface area contributed by atoms with Crippen molar-refractivity contribution in [3.63, 3.8) is 0 Å². The standard InChI is InChI=1S/C26H25NO/c1-16-12-17(2)14-18(13-16)27-25(28)26(3)15-23-19-8-4-6-10-21(19)24(26)22-11-7-5-9-20(22)23/h4-14,23-24H,15H2,1-3H3,(H,27,28)/t23?,24?,26-/m1/s1. The Morgan fingerprint density at radius 2 is 1.36 bits per heavy atom. The summed E-state index contributed by atoms with van der Waals surface area (Å²) in [5.74, 6) is 0.500. The highest BCUT2D eigenvalue weighted by molar-refractivity contribution is 5.97. The minimum Gasteiger partial charge on any atom is -0.326 e. The average Bonchev–Trinajstić information content (AvgIpc) is 2.67. The molecule has 1 N–H and O–H groups in total. The van der Waals surface area contributed by atoms with Crippen molar-refractivity contribution in [1.29, 1.82) is 0 Å². The summed E-state index contributed by atoms with van der Waals surface area (Å²) in [7, 11) is 0. The van der Waals surface area contributed by atoms with Gasteiger partial charge in [0, 0.05) is 17.5 Å². The summed E-state index contributed by atoms with van der Waals surface area (Å²) in [6, 6.07) is 23.6. The van der Waals surface area contributed by atoms with Crippen molar-refractivity contribution in [2.24, 2.45) is 5.41 Å². The summed E-state index contributed by atoms with van der Waals surface area (Å²) in [6.07, 6.45) is 0.850. The summed E-state index contributed by atoms with van der Waals surface area (Å²) in [5.41, 5.74) is 8.18. The van der Waals surface area contributed by atoms with E-state index in [-0.39, 0.29) is 17.7 Å². The Morgan fingerprint density at radius 3 is 1.89 bits per heavy atom. The van der Waals surface area contributed by atoms with Crippen LogP contribution in [-0.2, 0) is 4.79 Å². The summed E-state index contributed by atoms with van der Waals surface area (Å²) in [5, 5.41) is 3.24. The van der Waals surface area contributed by atoms with Crippen molar-refractivity contribution in [3.05, 3.63) is 100 Å². The average molecular weight is 367 g/mol. The fraction of sp³-hybridized carbons (Fsp3) is 0.269. The highest BCUT2D eigenvalue weighted by atomic mass is 16.2. The van der Waals surface area contributed by atoms with Crippen LogP contribution in [0.1, 0.15) is 58.6 Å². The molecule has 3 aromatic carbocycles. The smallest absolute Gasteiger partial charge is 0.231 e. The van der Waals surface area contributed by atoms with E-state index in [1.165, 1.54) is 33.4 Å². The lowest BCUT2D eigenvalue weighted by atomic mass is 9.52.